The maximum absolute atomic E-state index is 13.3. The second-order valence-electron chi connectivity index (χ2n) is 6.48. The van der Waals surface area contributed by atoms with E-state index in [1.807, 2.05) is 67.6 Å². The lowest BCUT2D eigenvalue weighted by molar-refractivity contribution is -0.120. The molecule has 6 heteroatoms. The minimum absolute atomic E-state index is 0.272. The molecule has 5 nitrogen and oxygen atoms in total. The quantitative estimate of drug-likeness (QED) is 0.545. The van der Waals surface area contributed by atoms with E-state index in [0.717, 1.165) is 10.6 Å². The molecule has 1 N–H and O–H groups in total. The van der Waals surface area contributed by atoms with Gasteiger partial charge in [-0.1, -0.05) is 48.2 Å². The number of nitrogens with zero attached hydrogens (tertiary/aromatic N) is 1. The summed E-state index contributed by atoms with van der Waals surface area (Å²) in [6.07, 6.45) is 0. The van der Waals surface area contributed by atoms with Crippen LogP contribution in [0.3, 0.4) is 0 Å². The standard InChI is InChI=1S/C24H20N2O3S/c1-2-29-19-15-13-18(14-16-19)26-23(27)21(25-17-9-5-3-6-10-17)22(24(26)28)30-20-11-7-4-8-12-20/h3-16,25H,2H2,1H3. The molecule has 150 valence electrons. The van der Waals surface area contributed by atoms with Gasteiger partial charge in [0.25, 0.3) is 11.8 Å². The van der Waals surface area contributed by atoms with Crippen LogP contribution in [0.15, 0.2) is 100 Å². The van der Waals surface area contributed by atoms with E-state index in [4.69, 9.17) is 4.74 Å². The van der Waals surface area contributed by atoms with Crippen LogP contribution in [0, 0.1) is 0 Å². The minimum atomic E-state index is -0.383. The SMILES string of the molecule is CCOc1ccc(N2C(=O)C(Nc3ccccc3)=C(Sc3ccccc3)C2=O)cc1. The molecule has 30 heavy (non-hydrogen) atoms. The smallest absolute Gasteiger partial charge is 0.283 e. The van der Waals surface area contributed by atoms with Crippen LogP contribution >= 0.6 is 11.8 Å². The third-order valence-electron chi connectivity index (χ3n) is 4.45. The lowest BCUT2D eigenvalue weighted by Gasteiger charge is -2.16. The van der Waals surface area contributed by atoms with Crippen molar-refractivity contribution in [2.45, 2.75) is 11.8 Å². The molecule has 0 atom stereocenters. The van der Waals surface area contributed by atoms with E-state index in [-0.39, 0.29) is 17.5 Å². The molecule has 0 aromatic heterocycles. The van der Waals surface area contributed by atoms with Gasteiger partial charge in [0.1, 0.15) is 16.4 Å². The van der Waals surface area contributed by atoms with Gasteiger partial charge in [0.2, 0.25) is 0 Å². The second kappa shape index (κ2) is 8.88. The Balaban J connectivity index is 1.69. The molecule has 1 aliphatic heterocycles. The Morgan fingerprint density at radius 3 is 2.10 bits per heavy atom. The first-order valence-corrected chi connectivity index (χ1v) is 10.4. The summed E-state index contributed by atoms with van der Waals surface area (Å²) in [5.41, 5.74) is 1.52. The Morgan fingerprint density at radius 2 is 1.47 bits per heavy atom. The van der Waals surface area contributed by atoms with Crippen LogP contribution < -0.4 is 15.0 Å². The first kappa shape index (κ1) is 19.8. The number of nitrogens with one attached hydrogen (secondary N) is 1. The van der Waals surface area contributed by atoms with Crippen molar-refractivity contribution >= 4 is 35.0 Å². The van der Waals surface area contributed by atoms with Gasteiger partial charge in [0.05, 0.1) is 12.3 Å². The molecule has 1 heterocycles. The van der Waals surface area contributed by atoms with Crippen molar-refractivity contribution in [2.24, 2.45) is 0 Å². The second-order valence-corrected chi connectivity index (χ2v) is 7.57. The fraction of sp³-hybridized carbons (Fsp3) is 0.0833. The number of ether oxygens (including phenoxy) is 1. The number of thioether (sulfide) groups is 1. The van der Waals surface area contributed by atoms with E-state index in [9.17, 15) is 9.59 Å². The summed E-state index contributed by atoms with van der Waals surface area (Å²) >= 11 is 1.28. The number of carbonyl (C=O) groups is 2. The van der Waals surface area contributed by atoms with Gasteiger partial charge < -0.3 is 10.1 Å². The topological polar surface area (TPSA) is 58.6 Å². The van der Waals surface area contributed by atoms with Crippen molar-refractivity contribution in [3.8, 4) is 5.75 Å². The molecule has 0 saturated carbocycles. The first-order chi connectivity index (χ1) is 14.7. The zero-order valence-corrected chi connectivity index (χ0v) is 17.2. The maximum atomic E-state index is 13.3. The lowest BCUT2D eigenvalue weighted by Crippen LogP contribution is -2.32. The zero-order valence-electron chi connectivity index (χ0n) is 16.4. The average molecular weight is 417 g/mol. The predicted octanol–water partition coefficient (Wildman–Crippen LogP) is 5.07. The molecular weight excluding hydrogens is 396 g/mol. The molecule has 0 fully saturated rings. The number of carbonyl (C=O) groups excluding carboxylic acids is 2. The monoisotopic (exact) mass is 416 g/mol. The Bertz CT molecular complexity index is 1020. The average Bonchev–Trinajstić information content (AvgIpc) is 3.00. The van der Waals surface area contributed by atoms with Gasteiger partial charge in [-0.25, -0.2) is 4.90 Å². The van der Waals surface area contributed by atoms with E-state index in [1.54, 1.807) is 24.3 Å². The molecule has 0 aliphatic carbocycles. The van der Waals surface area contributed by atoms with Crippen LogP contribution in [0.2, 0.25) is 0 Å². The summed E-state index contributed by atoms with van der Waals surface area (Å²) in [4.78, 5) is 29.0. The molecule has 4 rings (SSSR count). The van der Waals surface area contributed by atoms with E-state index in [2.05, 4.69) is 5.32 Å². The third-order valence-corrected chi connectivity index (χ3v) is 5.54. The zero-order chi connectivity index (χ0) is 20.9. The van der Waals surface area contributed by atoms with Gasteiger partial charge in [-0.3, -0.25) is 9.59 Å². The number of rotatable bonds is 7. The van der Waals surface area contributed by atoms with Crippen LogP contribution in [0.4, 0.5) is 11.4 Å². The van der Waals surface area contributed by atoms with Gasteiger partial charge >= 0.3 is 0 Å². The van der Waals surface area contributed by atoms with E-state index >= 15 is 0 Å². The predicted molar refractivity (Wildman–Crippen MR) is 119 cm³/mol. The number of hydrogen-bond donors (Lipinski definition) is 1. The number of amides is 2. The van der Waals surface area contributed by atoms with Crippen molar-refractivity contribution in [1.29, 1.82) is 0 Å². The summed E-state index contributed by atoms with van der Waals surface area (Å²) in [7, 11) is 0. The van der Waals surface area contributed by atoms with Gasteiger partial charge in [0.15, 0.2) is 0 Å². The molecule has 3 aromatic carbocycles. The largest absolute Gasteiger partial charge is 0.494 e. The number of imide groups is 1. The fourth-order valence-corrected chi connectivity index (χ4v) is 4.03. The molecule has 0 spiro atoms. The van der Waals surface area contributed by atoms with Crippen LogP contribution in [0.5, 0.6) is 5.75 Å². The number of anilines is 2. The van der Waals surface area contributed by atoms with Gasteiger partial charge in [-0.05, 0) is 55.5 Å². The highest BCUT2D eigenvalue weighted by Crippen LogP contribution is 2.38. The number of para-hydroxylation sites is 1. The Kier molecular flexibility index (Phi) is 5.86. The van der Waals surface area contributed by atoms with Gasteiger partial charge in [-0.15, -0.1) is 0 Å². The lowest BCUT2D eigenvalue weighted by atomic mass is 10.2. The molecule has 0 radical (unpaired) electrons. The molecule has 0 saturated heterocycles. The van der Waals surface area contributed by atoms with Crippen LogP contribution in [-0.4, -0.2) is 18.4 Å². The summed E-state index contributed by atoms with van der Waals surface area (Å²) in [5.74, 6) is -0.0438. The number of benzene rings is 3. The Hall–Kier alpha value is -3.51. The van der Waals surface area contributed by atoms with Crippen molar-refractivity contribution in [2.75, 3.05) is 16.8 Å². The summed E-state index contributed by atoms with van der Waals surface area (Å²) < 4.78 is 5.46. The molecule has 0 bridgehead atoms. The first-order valence-electron chi connectivity index (χ1n) is 9.58. The summed E-state index contributed by atoms with van der Waals surface area (Å²) in [5, 5.41) is 3.14. The fourth-order valence-electron chi connectivity index (χ4n) is 3.08. The molecular formula is C24H20N2O3S. The highest BCUT2D eigenvalue weighted by atomic mass is 32.2. The minimum Gasteiger partial charge on any atom is -0.494 e. The maximum Gasteiger partial charge on any atom is 0.283 e. The summed E-state index contributed by atoms with van der Waals surface area (Å²) in [6, 6.07) is 25.8. The van der Waals surface area contributed by atoms with E-state index in [1.165, 1.54) is 16.7 Å². The van der Waals surface area contributed by atoms with Crippen molar-refractivity contribution in [1.82, 2.24) is 0 Å². The molecule has 2 amide bonds. The third kappa shape index (κ3) is 4.09. The highest BCUT2D eigenvalue weighted by molar-refractivity contribution is 8.04. The Labute approximate surface area is 179 Å². The molecule has 0 unspecified atom stereocenters. The normalized spacial score (nSPS) is 13.7. The van der Waals surface area contributed by atoms with Crippen molar-refractivity contribution < 1.29 is 14.3 Å². The van der Waals surface area contributed by atoms with E-state index in [0.29, 0.717) is 22.9 Å². The summed E-state index contributed by atoms with van der Waals surface area (Å²) in [6.45, 7) is 2.45. The Morgan fingerprint density at radius 1 is 0.833 bits per heavy atom. The van der Waals surface area contributed by atoms with Crippen molar-refractivity contribution in [3.63, 3.8) is 0 Å². The van der Waals surface area contributed by atoms with E-state index < -0.39 is 0 Å². The van der Waals surface area contributed by atoms with Crippen molar-refractivity contribution in [3.05, 3.63) is 95.5 Å². The van der Waals surface area contributed by atoms with Crippen LogP contribution in [0.25, 0.3) is 0 Å². The highest BCUT2D eigenvalue weighted by Gasteiger charge is 2.40. The van der Waals surface area contributed by atoms with Gasteiger partial charge in [0, 0.05) is 10.6 Å². The van der Waals surface area contributed by atoms with Crippen LogP contribution in [-0.2, 0) is 9.59 Å². The molecule has 3 aromatic rings. The molecule has 1 aliphatic rings. The number of hydrogen-bond acceptors (Lipinski definition) is 5. The van der Waals surface area contributed by atoms with Crippen LogP contribution in [0.1, 0.15) is 6.92 Å². The van der Waals surface area contributed by atoms with Gasteiger partial charge in [-0.2, -0.15) is 0 Å².